The number of benzene rings is 2. The summed E-state index contributed by atoms with van der Waals surface area (Å²) >= 11 is 2.44. The maximum atomic E-state index is 14.2. The summed E-state index contributed by atoms with van der Waals surface area (Å²) < 4.78 is 19.6. The summed E-state index contributed by atoms with van der Waals surface area (Å²) in [7, 11) is 0. The normalized spacial score (nSPS) is 10.7. The molecule has 4 rings (SSSR count). The quantitative estimate of drug-likeness (QED) is 0.337. The average molecular weight is 468 g/mol. The van der Waals surface area contributed by atoms with Crippen molar-refractivity contribution >= 4 is 45.4 Å². The van der Waals surface area contributed by atoms with Crippen LogP contribution in [0.5, 0.6) is 0 Å². The molecule has 0 spiro atoms. The molecule has 2 aromatic heterocycles. The number of rotatable bonds is 6. The van der Waals surface area contributed by atoms with Gasteiger partial charge in [-0.1, -0.05) is 42.5 Å². The zero-order valence-corrected chi connectivity index (χ0v) is 18.9. The van der Waals surface area contributed by atoms with Crippen LogP contribution in [-0.4, -0.2) is 21.8 Å². The van der Waals surface area contributed by atoms with Crippen LogP contribution in [-0.2, 0) is 16.1 Å². The largest absolute Gasteiger partial charge is 0.455 e. The maximum Gasteiger partial charge on any atom is 0.350 e. The third kappa shape index (κ3) is 4.58. The Morgan fingerprint density at radius 2 is 1.78 bits per heavy atom. The minimum absolute atomic E-state index is 0.0731. The van der Waals surface area contributed by atoms with Crippen LogP contribution in [0.15, 0.2) is 60.0 Å². The molecule has 2 aromatic carbocycles. The van der Waals surface area contributed by atoms with Crippen molar-refractivity contribution in [2.45, 2.75) is 20.5 Å². The highest BCUT2D eigenvalue weighted by atomic mass is 32.1. The summed E-state index contributed by atoms with van der Waals surface area (Å²) in [4.78, 5) is 35.2. The van der Waals surface area contributed by atoms with Gasteiger partial charge in [0.15, 0.2) is 5.13 Å². The van der Waals surface area contributed by atoms with Gasteiger partial charge in [-0.3, -0.25) is 9.69 Å². The molecule has 2 heterocycles. The molecule has 6 nitrogen and oxygen atoms in total. The molecule has 9 heteroatoms. The standard InChI is InChI=1S/C23H18FN3O3S2/c1-14-20(32-21(25-14)16-8-4-3-5-9-16)22(29)30-12-17-13-31-23(26-17)27(15(2)28)19-11-7-6-10-18(19)24/h3-11,13H,12H2,1-2H3. The van der Waals surface area contributed by atoms with Crippen molar-refractivity contribution in [3.05, 3.63) is 82.1 Å². The van der Waals surface area contributed by atoms with Gasteiger partial charge in [0.2, 0.25) is 5.91 Å². The molecule has 0 aliphatic carbocycles. The van der Waals surface area contributed by atoms with Crippen LogP contribution in [0.3, 0.4) is 0 Å². The number of para-hydroxylation sites is 1. The van der Waals surface area contributed by atoms with Crippen molar-refractivity contribution in [1.82, 2.24) is 9.97 Å². The fourth-order valence-corrected chi connectivity index (χ4v) is 4.83. The van der Waals surface area contributed by atoms with E-state index in [9.17, 15) is 14.0 Å². The number of ether oxygens (including phenoxy) is 1. The topological polar surface area (TPSA) is 72.4 Å². The van der Waals surface area contributed by atoms with Gasteiger partial charge in [0.25, 0.3) is 0 Å². The first kappa shape index (κ1) is 21.8. The highest BCUT2D eigenvalue weighted by molar-refractivity contribution is 7.17. The number of amides is 1. The lowest BCUT2D eigenvalue weighted by molar-refractivity contribution is -0.115. The Balaban J connectivity index is 1.48. The molecule has 0 fully saturated rings. The Kier molecular flexibility index (Phi) is 6.38. The van der Waals surface area contributed by atoms with Crippen LogP contribution < -0.4 is 4.90 Å². The van der Waals surface area contributed by atoms with Crippen molar-refractivity contribution in [2.75, 3.05) is 4.90 Å². The smallest absolute Gasteiger partial charge is 0.350 e. The summed E-state index contributed by atoms with van der Waals surface area (Å²) in [5, 5.41) is 2.72. The van der Waals surface area contributed by atoms with Gasteiger partial charge in [-0.15, -0.1) is 22.7 Å². The van der Waals surface area contributed by atoms with Gasteiger partial charge in [-0.25, -0.2) is 19.2 Å². The van der Waals surface area contributed by atoms with Crippen LogP contribution in [0.25, 0.3) is 10.6 Å². The minimum atomic E-state index is -0.527. The summed E-state index contributed by atoms with van der Waals surface area (Å²) in [6.45, 7) is 3.03. The second kappa shape index (κ2) is 9.37. The molecule has 0 bridgehead atoms. The van der Waals surface area contributed by atoms with E-state index in [2.05, 4.69) is 9.97 Å². The van der Waals surface area contributed by atoms with E-state index in [4.69, 9.17) is 4.74 Å². The van der Waals surface area contributed by atoms with Crippen molar-refractivity contribution < 1.29 is 18.7 Å². The van der Waals surface area contributed by atoms with E-state index in [1.54, 1.807) is 24.4 Å². The fourth-order valence-electron chi connectivity index (χ4n) is 3.00. The number of aromatic nitrogens is 2. The first-order valence-electron chi connectivity index (χ1n) is 9.63. The third-order valence-corrected chi connectivity index (χ3v) is 6.55. The van der Waals surface area contributed by atoms with E-state index in [-0.39, 0.29) is 18.2 Å². The van der Waals surface area contributed by atoms with E-state index >= 15 is 0 Å². The van der Waals surface area contributed by atoms with Gasteiger partial charge in [0.1, 0.15) is 22.3 Å². The van der Waals surface area contributed by atoms with Crippen LogP contribution >= 0.6 is 22.7 Å². The Labute approximate surface area is 192 Å². The SMILES string of the molecule is CC(=O)N(c1nc(COC(=O)c2sc(-c3ccccc3)nc2C)cs1)c1ccccc1F. The molecule has 1 amide bonds. The van der Waals surface area contributed by atoms with Gasteiger partial charge in [0.05, 0.1) is 17.1 Å². The van der Waals surface area contributed by atoms with Gasteiger partial charge >= 0.3 is 5.97 Å². The predicted octanol–water partition coefficient (Wildman–Crippen LogP) is 5.76. The number of halogens is 1. The molecule has 0 unspecified atom stereocenters. The number of hydrogen-bond donors (Lipinski definition) is 0. The molecule has 0 N–H and O–H groups in total. The molecule has 0 aliphatic rings. The van der Waals surface area contributed by atoms with Gasteiger partial charge in [-0.05, 0) is 19.1 Å². The van der Waals surface area contributed by atoms with Crippen molar-refractivity contribution in [3.8, 4) is 10.6 Å². The molecule has 32 heavy (non-hydrogen) atoms. The van der Waals surface area contributed by atoms with Crippen LogP contribution in [0.1, 0.15) is 28.0 Å². The summed E-state index contributed by atoms with van der Waals surface area (Å²) in [5.41, 5.74) is 2.11. The monoisotopic (exact) mass is 467 g/mol. The number of thiazole rings is 2. The highest BCUT2D eigenvalue weighted by Crippen LogP contribution is 2.31. The van der Waals surface area contributed by atoms with Crippen LogP contribution in [0, 0.1) is 12.7 Å². The molecule has 0 radical (unpaired) electrons. The lowest BCUT2D eigenvalue weighted by atomic mass is 10.2. The Hall–Kier alpha value is -3.43. The first-order valence-corrected chi connectivity index (χ1v) is 11.3. The van der Waals surface area contributed by atoms with Crippen molar-refractivity contribution in [3.63, 3.8) is 0 Å². The number of carbonyl (C=O) groups excluding carboxylic acids is 2. The summed E-state index contributed by atoms with van der Waals surface area (Å²) in [5.74, 6) is -1.39. The number of hydrogen-bond acceptors (Lipinski definition) is 7. The zero-order chi connectivity index (χ0) is 22.7. The van der Waals surface area contributed by atoms with Crippen molar-refractivity contribution in [2.24, 2.45) is 0 Å². The van der Waals surface area contributed by atoms with Crippen LogP contribution in [0.4, 0.5) is 15.2 Å². The number of esters is 1. The van der Waals surface area contributed by atoms with Gasteiger partial charge in [0, 0.05) is 17.9 Å². The zero-order valence-electron chi connectivity index (χ0n) is 17.2. The molecular weight excluding hydrogens is 449 g/mol. The fraction of sp³-hybridized carbons (Fsp3) is 0.130. The molecule has 0 saturated heterocycles. The molecule has 0 atom stereocenters. The van der Waals surface area contributed by atoms with E-state index in [1.807, 2.05) is 30.3 Å². The predicted molar refractivity (Wildman–Crippen MR) is 123 cm³/mol. The Bertz CT molecular complexity index is 1270. The second-order valence-electron chi connectivity index (χ2n) is 6.80. The molecular formula is C23H18FN3O3S2. The van der Waals surface area contributed by atoms with Gasteiger partial charge < -0.3 is 4.74 Å². The average Bonchev–Trinajstić information content (AvgIpc) is 3.41. The number of anilines is 2. The lowest BCUT2D eigenvalue weighted by Crippen LogP contribution is -2.23. The van der Waals surface area contributed by atoms with Crippen molar-refractivity contribution in [1.29, 1.82) is 0 Å². The Morgan fingerprint density at radius 3 is 2.50 bits per heavy atom. The molecule has 4 aromatic rings. The summed E-state index contributed by atoms with van der Waals surface area (Å²) in [6.07, 6.45) is 0. The molecule has 162 valence electrons. The molecule has 0 saturated carbocycles. The third-order valence-electron chi connectivity index (χ3n) is 4.49. The number of nitrogens with zero attached hydrogens (tertiary/aromatic N) is 3. The summed E-state index contributed by atoms with van der Waals surface area (Å²) in [6, 6.07) is 15.6. The maximum absolute atomic E-state index is 14.2. The highest BCUT2D eigenvalue weighted by Gasteiger charge is 2.22. The van der Waals surface area contributed by atoms with E-state index in [1.165, 1.54) is 46.6 Å². The van der Waals surface area contributed by atoms with Gasteiger partial charge in [-0.2, -0.15) is 0 Å². The number of carbonyl (C=O) groups is 2. The molecule has 0 aliphatic heterocycles. The number of aryl methyl sites for hydroxylation is 1. The van der Waals surface area contributed by atoms with E-state index in [0.717, 1.165) is 10.6 Å². The first-order chi connectivity index (χ1) is 15.4. The van der Waals surface area contributed by atoms with E-state index in [0.29, 0.717) is 21.4 Å². The van der Waals surface area contributed by atoms with E-state index < -0.39 is 11.8 Å². The lowest BCUT2D eigenvalue weighted by Gasteiger charge is -2.18. The minimum Gasteiger partial charge on any atom is -0.455 e. The second-order valence-corrected chi connectivity index (χ2v) is 8.64. The van der Waals surface area contributed by atoms with Crippen LogP contribution in [0.2, 0.25) is 0 Å². The Morgan fingerprint density at radius 1 is 1.06 bits per heavy atom.